The molecule has 0 saturated carbocycles. The lowest BCUT2D eigenvalue weighted by molar-refractivity contribution is 0.0697. The quantitative estimate of drug-likeness (QED) is 0.329. The fraction of sp³-hybridized carbons (Fsp3) is 0.0476. The van der Waals surface area contributed by atoms with E-state index in [0.29, 0.717) is 10.8 Å². The Hall–Kier alpha value is -3.29. The van der Waals surface area contributed by atoms with E-state index in [0.717, 1.165) is 31.8 Å². The Morgan fingerprint density at radius 1 is 1.17 bits per heavy atom. The summed E-state index contributed by atoms with van der Waals surface area (Å²) in [5, 5.41) is 13.9. The van der Waals surface area contributed by atoms with Gasteiger partial charge in [-0.1, -0.05) is 41.9 Å². The SMILES string of the molecule is Cc1c(-c2ccccc2Cl)sc2c(N/N=C/c3ccc(C(=O)O)cc3)ncnc12. The average Bonchev–Trinajstić information content (AvgIpc) is 3.06. The lowest BCUT2D eigenvalue weighted by Crippen LogP contribution is -1.97. The molecule has 2 N–H and O–H groups in total. The van der Waals surface area contributed by atoms with Crippen molar-refractivity contribution in [3.63, 3.8) is 0 Å². The smallest absolute Gasteiger partial charge is 0.335 e. The van der Waals surface area contributed by atoms with Crippen LogP contribution in [0.5, 0.6) is 0 Å². The summed E-state index contributed by atoms with van der Waals surface area (Å²) in [7, 11) is 0. The Bertz CT molecular complexity index is 1240. The van der Waals surface area contributed by atoms with E-state index in [9.17, 15) is 4.79 Å². The Morgan fingerprint density at radius 3 is 2.66 bits per heavy atom. The van der Waals surface area contributed by atoms with Crippen molar-refractivity contribution < 1.29 is 9.90 Å². The minimum Gasteiger partial charge on any atom is -0.478 e. The number of carboxylic acids is 1. The molecule has 0 aliphatic heterocycles. The maximum absolute atomic E-state index is 10.9. The van der Waals surface area contributed by atoms with Gasteiger partial charge in [-0.2, -0.15) is 5.10 Å². The fourth-order valence-corrected chi connectivity index (χ4v) is 4.41. The number of carbonyl (C=O) groups is 1. The van der Waals surface area contributed by atoms with Crippen LogP contribution in [0, 0.1) is 6.92 Å². The molecule has 8 heteroatoms. The Balaban J connectivity index is 1.64. The predicted octanol–water partition coefficient (Wildman–Crippen LogP) is 5.46. The zero-order valence-electron chi connectivity index (χ0n) is 15.3. The highest BCUT2D eigenvalue weighted by Crippen LogP contribution is 2.41. The van der Waals surface area contributed by atoms with Crippen molar-refractivity contribution >= 4 is 51.2 Å². The molecule has 0 radical (unpaired) electrons. The molecule has 0 fully saturated rings. The van der Waals surface area contributed by atoms with Crippen molar-refractivity contribution in [2.24, 2.45) is 5.10 Å². The minimum absolute atomic E-state index is 0.230. The summed E-state index contributed by atoms with van der Waals surface area (Å²) >= 11 is 7.93. The van der Waals surface area contributed by atoms with Gasteiger partial charge in [0.2, 0.25) is 0 Å². The number of nitrogens with zero attached hydrogens (tertiary/aromatic N) is 3. The molecular weight excluding hydrogens is 408 g/mol. The van der Waals surface area contributed by atoms with Gasteiger partial charge in [0, 0.05) is 15.5 Å². The van der Waals surface area contributed by atoms with Crippen LogP contribution in [0.15, 0.2) is 60.0 Å². The molecule has 0 aliphatic rings. The number of fused-ring (bicyclic) bond motifs is 1. The number of hydrogen-bond donors (Lipinski definition) is 2. The van der Waals surface area contributed by atoms with Crippen LogP contribution >= 0.6 is 22.9 Å². The zero-order chi connectivity index (χ0) is 20.4. The van der Waals surface area contributed by atoms with Gasteiger partial charge in [-0.25, -0.2) is 14.8 Å². The summed E-state index contributed by atoms with van der Waals surface area (Å²) in [6, 6.07) is 14.2. The number of nitrogens with one attached hydrogen (secondary N) is 1. The Kier molecular flexibility index (Phi) is 5.24. The number of rotatable bonds is 5. The average molecular weight is 423 g/mol. The second kappa shape index (κ2) is 7.98. The maximum Gasteiger partial charge on any atom is 0.335 e. The van der Waals surface area contributed by atoms with E-state index in [1.165, 1.54) is 18.5 Å². The normalized spacial score (nSPS) is 11.2. The number of aromatic nitrogens is 2. The van der Waals surface area contributed by atoms with E-state index in [1.54, 1.807) is 29.7 Å². The van der Waals surface area contributed by atoms with Gasteiger partial charge in [-0.3, -0.25) is 5.43 Å². The van der Waals surface area contributed by atoms with E-state index in [4.69, 9.17) is 16.7 Å². The van der Waals surface area contributed by atoms with Gasteiger partial charge in [0.05, 0.1) is 22.0 Å². The van der Waals surface area contributed by atoms with Crippen LogP contribution in [-0.4, -0.2) is 27.3 Å². The molecule has 144 valence electrons. The first-order chi connectivity index (χ1) is 14.0. The molecule has 0 atom stereocenters. The number of hydrazone groups is 1. The van der Waals surface area contributed by atoms with Crippen LogP contribution < -0.4 is 5.43 Å². The molecule has 6 nitrogen and oxygen atoms in total. The van der Waals surface area contributed by atoms with Gasteiger partial charge in [0.15, 0.2) is 5.82 Å². The maximum atomic E-state index is 10.9. The van der Waals surface area contributed by atoms with Crippen molar-refractivity contribution in [2.45, 2.75) is 6.92 Å². The third-order valence-electron chi connectivity index (χ3n) is 4.36. The van der Waals surface area contributed by atoms with Crippen molar-refractivity contribution in [3.8, 4) is 10.4 Å². The highest BCUT2D eigenvalue weighted by molar-refractivity contribution is 7.23. The first-order valence-electron chi connectivity index (χ1n) is 8.66. The van der Waals surface area contributed by atoms with Crippen molar-refractivity contribution in [1.82, 2.24) is 9.97 Å². The molecule has 29 heavy (non-hydrogen) atoms. The van der Waals surface area contributed by atoms with E-state index in [2.05, 4.69) is 20.5 Å². The molecule has 2 aromatic heterocycles. The number of benzene rings is 2. The van der Waals surface area contributed by atoms with E-state index >= 15 is 0 Å². The summed E-state index contributed by atoms with van der Waals surface area (Å²) in [4.78, 5) is 20.7. The number of aryl methyl sites for hydroxylation is 1. The molecule has 0 spiro atoms. The molecule has 2 aromatic carbocycles. The summed E-state index contributed by atoms with van der Waals surface area (Å²) in [5.41, 5.74) is 6.81. The van der Waals surface area contributed by atoms with Crippen LogP contribution in [0.1, 0.15) is 21.5 Å². The lowest BCUT2D eigenvalue weighted by Gasteiger charge is -2.01. The van der Waals surface area contributed by atoms with Crippen LogP contribution in [-0.2, 0) is 0 Å². The van der Waals surface area contributed by atoms with Gasteiger partial charge < -0.3 is 5.11 Å². The topological polar surface area (TPSA) is 87.5 Å². The molecule has 0 bridgehead atoms. The van der Waals surface area contributed by atoms with E-state index < -0.39 is 5.97 Å². The van der Waals surface area contributed by atoms with Gasteiger partial charge in [-0.05, 0) is 36.2 Å². The number of anilines is 1. The fourth-order valence-electron chi connectivity index (χ4n) is 2.89. The Morgan fingerprint density at radius 2 is 1.93 bits per heavy atom. The molecule has 0 amide bonds. The molecular formula is C21H15ClN4O2S. The largest absolute Gasteiger partial charge is 0.478 e. The molecule has 0 saturated heterocycles. The second-order valence-corrected chi connectivity index (χ2v) is 7.66. The first-order valence-corrected chi connectivity index (χ1v) is 9.85. The van der Waals surface area contributed by atoms with Gasteiger partial charge >= 0.3 is 5.97 Å². The third kappa shape index (κ3) is 3.83. The first kappa shape index (κ1) is 19.0. The highest BCUT2D eigenvalue weighted by Gasteiger charge is 2.16. The summed E-state index contributed by atoms with van der Waals surface area (Å²) in [5.74, 6) is -0.364. The van der Waals surface area contributed by atoms with Gasteiger partial charge in [-0.15, -0.1) is 11.3 Å². The lowest BCUT2D eigenvalue weighted by atomic mass is 10.1. The summed E-state index contributed by atoms with van der Waals surface area (Å²) in [6.45, 7) is 2.02. The number of halogens is 1. The number of carboxylic acid groups (broad SMARTS) is 1. The monoisotopic (exact) mass is 422 g/mol. The van der Waals surface area contributed by atoms with Crippen molar-refractivity contribution in [1.29, 1.82) is 0 Å². The van der Waals surface area contributed by atoms with Crippen LogP contribution in [0.4, 0.5) is 5.82 Å². The van der Waals surface area contributed by atoms with Gasteiger partial charge in [0.25, 0.3) is 0 Å². The number of thiophene rings is 1. The van der Waals surface area contributed by atoms with E-state index in [1.807, 2.05) is 31.2 Å². The van der Waals surface area contributed by atoms with Crippen LogP contribution in [0.3, 0.4) is 0 Å². The standard InChI is InChI=1S/C21H15ClN4O2S/c1-12-17-19(29-18(12)15-4-2-3-5-16(15)22)20(24-11-23-17)26-25-10-13-6-8-14(9-7-13)21(27)28/h2-11H,1H3,(H,27,28)(H,23,24,26)/b25-10+. The third-order valence-corrected chi connectivity index (χ3v) is 6.01. The summed E-state index contributed by atoms with van der Waals surface area (Å²) in [6.07, 6.45) is 3.10. The molecule has 2 heterocycles. The predicted molar refractivity (Wildman–Crippen MR) is 117 cm³/mol. The van der Waals surface area contributed by atoms with Crippen LogP contribution in [0.25, 0.3) is 20.7 Å². The van der Waals surface area contributed by atoms with Crippen molar-refractivity contribution in [2.75, 3.05) is 5.43 Å². The van der Waals surface area contributed by atoms with E-state index in [-0.39, 0.29) is 5.56 Å². The number of aromatic carboxylic acids is 1. The zero-order valence-corrected chi connectivity index (χ0v) is 16.8. The summed E-state index contributed by atoms with van der Waals surface area (Å²) < 4.78 is 0.887. The van der Waals surface area contributed by atoms with Gasteiger partial charge in [0.1, 0.15) is 6.33 Å². The number of hydrogen-bond acceptors (Lipinski definition) is 6. The molecule has 0 unspecified atom stereocenters. The second-order valence-electron chi connectivity index (χ2n) is 6.23. The molecule has 4 aromatic rings. The molecule has 4 rings (SSSR count). The molecule has 0 aliphatic carbocycles. The van der Waals surface area contributed by atoms with Crippen LogP contribution in [0.2, 0.25) is 5.02 Å². The highest BCUT2D eigenvalue weighted by atomic mass is 35.5. The minimum atomic E-state index is -0.961. The van der Waals surface area contributed by atoms with Crippen molar-refractivity contribution in [3.05, 3.63) is 76.6 Å². The Labute approximate surface area is 175 Å².